The molecule has 1 aromatic rings. The van der Waals surface area contributed by atoms with Crippen molar-refractivity contribution in [2.45, 2.75) is 20.3 Å². The molecule has 0 aliphatic carbocycles. The highest BCUT2D eigenvalue weighted by molar-refractivity contribution is 9.10. The average Bonchev–Trinajstić information content (AvgIpc) is 2.31. The van der Waals surface area contributed by atoms with Crippen LogP contribution in [0.3, 0.4) is 0 Å². The van der Waals surface area contributed by atoms with Gasteiger partial charge < -0.3 is 11.1 Å². The van der Waals surface area contributed by atoms with E-state index < -0.39 is 6.03 Å². The number of benzene rings is 1. The molecule has 4 N–H and O–H groups in total. The van der Waals surface area contributed by atoms with Gasteiger partial charge in [0.25, 0.3) is 0 Å². The van der Waals surface area contributed by atoms with Crippen LogP contribution in [0, 0.1) is 6.92 Å². The zero-order valence-corrected chi connectivity index (χ0v) is 12.0. The summed E-state index contributed by atoms with van der Waals surface area (Å²) in [7, 11) is 0. The molecule has 1 rings (SSSR count). The van der Waals surface area contributed by atoms with Crippen LogP contribution in [0.15, 0.2) is 27.7 Å². The van der Waals surface area contributed by atoms with Gasteiger partial charge >= 0.3 is 6.03 Å². The van der Waals surface area contributed by atoms with E-state index in [1.165, 1.54) is 0 Å². The van der Waals surface area contributed by atoms with E-state index in [1.54, 1.807) is 0 Å². The number of carbonyl (C=O) groups excluding carboxylic acids is 1. The number of nitrogens with one attached hydrogen (secondary N) is 2. The Labute approximate surface area is 115 Å². The summed E-state index contributed by atoms with van der Waals surface area (Å²) in [6, 6.07) is 5.27. The van der Waals surface area contributed by atoms with Gasteiger partial charge in [0.15, 0.2) is 5.96 Å². The Hall–Kier alpha value is -1.56. The molecule has 0 fully saturated rings. The van der Waals surface area contributed by atoms with Crippen molar-refractivity contribution in [2.75, 3.05) is 11.9 Å². The highest BCUT2D eigenvalue weighted by atomic mass is 79.9. The molecule has 0 saturated heterocycles. The molecule has 0 aliphatic rings. The van der Waals surface area contributed by atoms with Crippen LogP contribution in [0.5, 0.6) is 0 Å². The fourth-order valence-electron chi connectivity index (χ4n) is 1.32. The third-order valence-corrected chi connectivity index (χ3v) is 2.87. The Kier molecular flexibility index (Phi) is 5.64. The molecule has 18 heavy (non-hydrogen) atoms. The van der Waals surface area contributed by atoms with E-state index in [0.717, 1.165) is 22.1 Å². The zero-order valence-electron chi connectivity index (χ0n) is 10.5. The number of anilines is 1. The zero-order chi connectivity index (χ0) is 13.5. The van der Waals surface area contributed by atoms with Crippen LogP contribution in [0.25, 0.3) is 0 Å². The Morgan fingerprint density at radius 2 is 2.22 bits per heavy atom. The minimum atomic E-state index is -0.401. The SMILES string of the molecule is CCCN=C(N)NC(=O)Nc1c(C)cccc1Br. The lowest BCUT2D eigenvalue weighted by Crippen LogP contribution is -2.39. The summed E-state index contributed by atoms with van der Waals surface area (Å²) in [6.45, 7) is 4.50. The number of guanidine groups is 1. The number of hydrogen-bond donors (Lipinski definition) is 3. The van der Waals surface area contributed by atoms with Gasteiger partial charge in [-0.1, -0.05) is 19.1 Å². The maximum absolute atomic E-state index is 11.7. The van der Waals surface area contributed by atoms with Gasteiger partial charge in [-0.2, -0.15) is 0 Å². The summed E-state index contributed by atoms with van der Waals surface area (Å²) in [5, 5.41) is 5.20. The summed E-state index contributed by atoms with van der Waals surface area (Å²) in [5.41, 5.74) is 7.24. The molecular formula is C12H17BrN4O. The minimum absolute atomic E-state index is 0.124. The molecular weight excluding hydrogens is 296 g/mol. The van der Waals surface area contributed by atoms with Gasteiger partial charge in [-0.3, -0.25) is 10.3 Å². The van der Waals surface area contributed by atoms with Crippen LogP contribution in [0.2, 0.25) is 0 Å². The third-order valence-electron chi connectivity index (χ3n) is 2.21. The number of urea groups is 1. The Balaban J connectivity index is 2.65. The largest absolute Gasteiger partial charge is 0.370 e. The van der Waals surface area contributed by atoms with Gasteiger partial charge in [-0.25, -0.2) is 4.79 Å². The first kappa shape index (κ1) is 14.5. The smallest absolute Gasteiger partial charge is 0.326 e. The van der Waals surface area contributed by atoms with Gasteiger partial charge in [0, 0.05) is 11.0 Å². The number of nitrogens with zero attached hydrogens (tertiary/aromatic N) is 1. The van der Waals surface area contributed by atoms with Crippen LogP contribution in [-0.2, 0) is 0 Å². The number of halogens is 1. The first-order valence-corrected chi connectivity index (χ1v) is 6.47. The highest BCUT2D eigenvalue weighted by Crippen LogP contribution is 2.25. The summed E-state index contributed by atoms with van der Waals surface area (Å²) in [6.07, 6.45) is 0.882. The fourth-order valence-corrected chi connectivity index (χ4v) is 1.89. The van der Waals surface area contributed by atoms with E-state index in [9.17, 15) is 4.79 Å². The number of para-hydroxylation sites is 1. The Morgan fingerprint density at radius 3 is 2.83 bits per heavy atom. The second kappa shape index (κ2) is 7.00. The minimum Gasteiger partial charge on any atom is -0.370 e. The number of hydrogen-bond acceptors (Lipinski definition) is 2. The van der Waals surface area contributed by atoms with Crippen molar-refractivity contribution in [3.8, 4) is 0 Å². The van der Waals surface area contributed by atoms with Crippen molar-refractivity contribution in [3.05, 3.63) is 28.2 Å². The van der Waals surface area contributed by atoms with Gasteiger partial charge in [-0.05, 0) is 40.9 Å². The molecule has 0 saturated carbocycles. The fraction of sp³-hybridized carbons (Fsp3) is 0.333. The topological polar surface area (TPSA) is 79.5 Å². The summed E-state index contributed by atoms with van der Waals surface area (Å²) < 4.78 is 0.821. The van der Waals surface area contributed by atoms with E-state index in [4.69, 9.17) is 5.73 Å². The van der Waals surface area contributed by atoms with Gasteiger partial charge in [-0.15, -0.1) is 0 Å². The standard InChI is InChI=1S/C12H17BrN4O/c1-3-7-15-11(14)17-12(18)16-10-8(2)5-4-6-9(10)13/h4-6H,3,7H2,1-2H3,(H4,14,15,16,17,18). The van der Waals surface area contributed by atoms with Gasteiger partial charge in [0.2, 0.25) is 0 Å². The maximum atomic E-state index is 11.7. The third kappa shape index (κ3) is 4.37. The Bertz CT molecular complexity index is 439. The number of aliphatic imine (C=N–C) groups is 1. The molecule has 0 radical (unpaired) electrons. The van der Waals surface area contributed by atoms with Crippen LogP contribution in [0.1, 0.15) is 18.9 Å². The monoisotopic (exact) mass is 312 g/mol. The lowest BCUT2D eigenvalue weighted by molar-refractivity contribution is 0.256. The number of rotatable bonds is 3. The normalized spacial score (nSPS) is 11.2. The maximum Gasteiger partial charge on any atom is 0.326 e. The molecule has 98 valence electrons. The van der Waals surface area contributed by atoms with E-state index >= 15 is 0 Å². The quantitative estimate of drug-likeness (QED) is 0.592. The van der Waals surface area contributed by atoms with E-state index in [0.29, 0.717) is 6.54 Å². The lowest BCUT2D eigenvalue weighted by Gasteiger charge is -2.11. The van der Waals surface area contributed by atoms with Crippen LogP contribution in [0.4, 0.5) is 10.5 Å². The number of nitrogens with two attached hydrogens (primary N) is 1. The number of aryl methyl sites for hydroxylation is 1. The second-order valence-electron chi connectivity index (χ2n) is 3.78. The predicted octanol–water partition coefficient (Wildman–Crippen LogP) is 2.60. The molecule has 5 nitrogen and oxygen atoms in total. The predicted molar refractivity (Wildman–Crippen MR) is 77.8 cm³/mol. The van der Waals surface area contributed by atoms with Gasteiger partial charge in [0.1, 0.15) is 0 Å². The van der Waals surface area contributed by atoms with E-state index in [-0.39, 0.29) is 5.96 Å². The molecule has 0 heterocycles. The van der Waals surface area contributed by atoms with Crippen molar-refractivity contribution >= 4 is 33.6 Å². The summed E-state index contributed by atoms with van der Waals surface area (Å²) in [5.74, 6) is 0.124. The van der Waals surface area contributed by atoms with E-state index in [2.05, 4.69) is 31.6 Å². The molecule has 0 aliphatic heterocycles. The molecule has 6 heteroatoms. The van der Waals surface area contributed by atoms with Crippen molar-refractivity contribution in [3.63, 3.8) is 0 Å². The first-order chi connectivity index (χ1) is 8.54. The van der Waals surface area contributed by atoms with Crippen molar-refractivity contribution in [1.82, 2.24) is 5.32 Å². The molecule has 0 spiro atoms. The number of carbonyl (C=O) groups is 1. The van der Waals surface area contributed by atoms with Crippen molar-refractivity contribution in [2.24, 2.45) is 10.7 Å². The van der Waals surface area contributed by atoms with Crippen molar-refractivity contribution in [1.29, 1.82) is 0 Å². The summed E-state index contributed by atoms with van der Waals surface area (Å²) >= 11 is 3.38. The molecule has 0 aromatic heterocycles. The highest BCUT2D eigenvalue weighted by Gasteiger charge is 2.08. The first-order valence-electron chi connectivity index (χ1n) is 5.67. The van der Waals surface area contributed by atoms with E-state index in [1.807, 2.05) is 32.0 Å². The molecule has 0 bridgehead atoms. The average molecular weight is 313 g/mol. The van der Waals surface area contributed by atoms with Crippen LogP contribution >= 0.6 is 15.9 Å². The number of amides is 2. The molecule has 2 amide bonds. The molecule has 1 aromatic carbocycles. The van der Waals surface area contributed by atoms with Crippen molar-refractivity contribution < 1.29 is 4.79 Å². The molecule has 0 atom stereocenters. The summed E-state index contributed by atoms with van der Waals surface area (Å²) in [4.78, 5) is 15.7. The molecule has 0 unspecified atom stereocenters. The Morgan fingerprint density at radius 1 is 1.50 bits per heavy atom. The lowest BCUT2D eigenvalue weighted by atomic mass is 10.2. The second-order valence-corrected chi connectivity index (χ2v) is 4.63. The van der Waals surface area contributed by atoms with Crippen LogP contribution < -0.4 is 16.4 Å². The van der Waals surface area contributed by atoms with Crippen LogP contribution in [-0.4, -0.2) is 18.5 Å². The van der Waals surface area contributed by atoms with Gasteiger partial charge in [0.05, 0.1) is 5.69 Å².